The largest absolute Gasteiger partial charge is 0.413 e. The highest BCUT2D eigenvalue weighted by Gasteiger charge is 2.37. The summed E-state index contributed by atoms with van der Waals surface area (Å²) in [5.74, 6) is 2.13. The highest BCUT2D eigenvalue weighted by molar-refractivity contribution is 6.74. The fraction of sp³-hybridized carbons (Fsp3) is 0.478. The third-order valence-corrected chi connectivity index (χ3v) is 17.0. The number of hydrogen-bond donors (Lipinski definition) is 3. The number of fused-ring (bicyclic) bond motifs is 2. The minimum atomic E-state index is -1.81. The van der Waals surface area contributed by atoms with Gasteiger partial charge in [-0.25, -0.2) is 19.9 Å². The summed E-state index contributed by atoms with van der Waals surface area (Å²) in [6.45, 7) is 11.7. The number of rotatable bonds is 12. The molecule has 6 aromatic rings. The van der Waals surface area contributed by atoms with Crippen molar-refractivity contribution in [3.63, 3.8) is 0 Å². The van der Waals surface area contributed by atoms with Crippen LogP contribution in [0.3, 0.4) is 0 Å². The third-order valence-electron chi connectivity index (χ3n) is 12.5. The van der Waals surface area contributed by atoms with Crippen molar-refractivity contribution in [3.05, 3.63) is 83.7 Å². The molecule has 2 aliphatic rings. The van der Waals surface area contributed by atoms with Crippen molar-refractivity contribution in [3.8, 4) is 0 Å². The number of hydrogen-bond acceptors (Lipinski definition) is 12. The van der Waals surface area contributed by atoms with E-state index in [0.717, 1.165) is 71.7 Å². The van der Waals surface area contributed by atoms with Gasteiger partial charge in [0.2, 0.25) is 11.9 Å². The van der Waals surface area contributed by atoms with E-state index in [1.54, 1.807) is 68.7 Å². The minimum Gasteiger partial charge on any atom is -0.413 e. The van der Waals surface area contributed by atoms with E-state index in [-0.39, 0.29) is 35.5 Å². The number of carbonyl (C=O) groups excluding carboxylic acids is 2. The molecule has 0 aliphatic heterocycles. The zero-order chi connectivity index (χ0) is 45.1. The van der Waals surface area contributed by atoms with E-state index >= 15 is 0 Å². The standard InChI is InChI=1S/C26H38N6O2Si.C20H24N6O2/c1-26(2,3)35(6,7)34-17-18-12-13-22(27-15-18)29-25-28-16-19-14-21(24(33)31(4)5)32(23(19)30-25)20-10-8-9-11-20;1-25(2)19(28)16-9-14-11-22-20(23-17-8-7-13(12-27)10-21-17)24-18(14)26(16)15-5-3-4-6-15/h12-16,20H,8-11,17H2,1-7H3,(H,27,28,29,30);7-11,15,27H,3-6,12H2,1-2H3,(H,21,22,23,24). The van der Waals surface area contributed by atoms with Gasteiger partial charge in [-0.3, -0.25) is 9.59 Å². The van der Waals surface area contributed by atoms with Crippen molar-refractivity contribution in [1.82, 2.24) is 48.8 Å². The van der Waals surface area contributed by atoms with Crippen LogP contribution in [-0.2, 0) is 17.6 Å². The van der Waals surface area contributed by atoms with Gasteiger partial charge in [0.15, 0.2) is 8.32 Å². The Morgan fingerprint density at radius 1 is 0.698 bits per heavy atom. The molecule has 0 aromatic carbocycles. The Bertz CT molecular complexity index is 2530. The lowest BCUT2D eigenvalue weighted by atomic mass is 10.2. The van der Waals surface area contributed by atoms with E-state index in [1.807, 2.05) is 30.5 Å². The Labute approximate surface area is 370 Å². The molecule has 334 valence electrons. The fourth-order valence-corrected chi connectivity index (χ4v) is 8.83. The molecule has 63 heavy (non-hydrogen) atoms. The number of aliphatic hydroxyl groups excluding tert-OH is 1. The molecule has 8 rings (SSSR count). The minimum absolute atomic E-state index is 0.0124. The predicted octanol–water partition coefficient (Wildman–Crippen LogP) is 8.79. The average Bonchev–Trinajstić information content (AvgIpc) is 4.10. The Morgan fingerprint density at radius 2 is 1.13 bits per heavy atom. The molecule has 17 heteroatoms. The second kappa shape index (κ2) is 18.9. The zero-order valence-electron chi connectivity index (χ0n) is 38.1. The Morgan fingerprint density at radius 3 is 1.49 bits per heavy atom. The highest BCUT2D eigenvalue weighted by Crippen LogP contribution is 2.38. The molecule has 6 heterocycles. The Kier molecular flexibility index (Phi) is 13.6. The first-order valence-electron chi connectivity index (χ1n) is 21.9. The van der Waals surface area contributed by atoms with Gasteiger partial charge in [0, 0.05) is 75.8 Å². The number of carbonyl (C=O) groups is 2. The summed E-state index contributed by atoms with van der Waals surface area (Å²) in [6, 6.07) is 11.9. The molecule has 2 saturated carbocycles. The van der Waals surface area contributed by atoms with Crippen LogP contribution < -0.4 is 10.6 Å². The normalized spacial score (nSPS) is 14.8. The molecule has 3 N–H and O–H groups in total. The summed E-state index contributed by atoms with van der Waals surface area (Å²) < 4.78 is 10.5. The number of anilines is 4. The maximum absolute atomic E-state index is 12.9. The zero-order valence-corrected chi connectivity index (χ0v) is 39.1. The van der Waals surface area contributed by atoms with Crippen LogP contribution in [0.5, 0.6) is 0 Å². The summed E-state index contributed by atoms with van der Waals surface area (Å²) in [5, 5.41) is 17.4. The van der Waals surface area contributed by atoms with Gasteiger partial charge in [-0.1, -0.05) is 58.6 Å². The summed E-state index contributed by atoms with van der Waals surface area (Å²) in [5.41, 5.74) is 4.67. The van der Waals surface area contributed by atoms with Gasteiger partial charge in [0.25, 0.3) is 11.8 Å². The fourth-order valence-electron chi connectivity index (χ4n) is 7.87. The van der Waals surface area contributed by atoms with Crippen LogP contribution >= 0.6 is 0 Å². The van der Waals surface area contributed by atoms with E-state index in [4.69, 9.17) is 19.5 Å². The van der Waals surface area contributed by atoms with Crippen LogP contribution in [0.4, 0.5) is 23.5 Å². The SMILES string of the molecule is CN(C)C(=O)c1cc2cnc(Nc3ccc(CO)cn3)nc2n1C1CCCC1.CN(C)C(=O)c1cc2cnc(Nc3ccc(CO[Si](C)(C)C(C)(C)C)cn3)nc2n1C1CCCC1. The van der Waals surface area contributed by atoms with Crippen LogP contribution in [-0.4, -0.2) is 102 Å². The number of aromatic nitrogens is 8. The van der Waals surface area contributed by atoms with Crippen molar-refractivity contribution < 1.29 is 19.1 Å². The van der Waals surface area contributed by atoms with E-state index in [0.29, 0.717) is 41.5 Å². The Balaban J connectivity index is 0.000000193. The number of aliphatic hydroxyl groups is 1. The maximum Gasteiger partial charge on any atom is 0.270 e. The maximum atomic E-state index is 12.9. The van der Waals surface area contributed by atoms with Crippen molar-refractivity contribution >= 4 is 65.7 Å². The molecule has 0 saturated heterocycles. The molecule has 2 aliphatic carbocycles. The quantitative estimate of drug-likeness (QED) is 0.0996. The lowest BCUT2D eigenvalue weighted by Crippen LogP contribution is -2.40. The first kappa shape index (κ1) is 45.2. The molecule has 2 amide bonds. The lowest BCUT2D eigenvalue weighted by Gasteiger charge is -2.36. The van der Waals surface area contributed by atoms with Gasteiger partial charge >= 0.3 is 0 Å². The monoisotopic (exact) mass is 874 g/mol. The number of nitrogens with one attached hydrogen (secondary N) is 2. The molecule has 0 bridgehead atoms. The van der Waals surface area contributed by atoms with Crippen molar-refractivity contribution in [2.24, 2.45) is 0 Å². The van der Waals surface area contributed by atoms with Gasteiger partial charge < -0.3 is 39.1 Å². The smallest absolute Gasteiger partial charge is 0.270 e. The van der Waals surface area contributed by atoms with Crippen LogP contribution in [0, 0.1) is 0 Å². The molecule has 0 atom stereocenters. The summed E-state index contributed by atoms with van der Waals surface area (Å²) >= 11 is 0. The third kappa shape index (κ3) is 10.2. The van der Waals surface area contributed by atoms with Crippen molar-refractivity contribution in [2.45, 2.75) is 116 Å². The number of pyridine rings is 2. The van der Waals surface area contributed by atoms with Gasteiger partial charge in [0.05, 0.1) is 13.2 Å². The molecule has 16 nitrogen and oxygen atoms in total. The Hall–Kier alpha value is -5.78. The number of nitrogens with zero attached hydrogens (tertiary/aromatic N) is 10. The second-order valence-electron chi connectivity index (χ2n) is 18.6. The van der Waals surface area contributed by atoms with E-state index < -0.39 is 8.32 Å². The molecule has 0 unspecified atom stereocenters. The summed E-state index contributed by atoms with van der Waals surface area (Å²) in [4.78, 5) is 56.0. The first-order valence-corrected chi connectivity index (χ1v) is 24.8. The molecular formula is C46H62N12O4Si. The topological polar surface area (TPSA) is 181 Å². The van der Waals surface area contributed by atoms with Crippen LogP contribution in [0.2, 0.25) is 18.1 Å². The van der Waals surface area contributed by atoms with Crippen LogP contribution in [0.1, 0.15) is 116 Å². The lowest BCUT2D eigenvalue weighted by molar-refractivity contribution is 0.0808. The van der Waals surface area contributed by atoms with E-state index in [2.05, 4.69) is 73.6 Å². The van der Waals surface area contributed by atoms with Gasteiger partial charge in [0.1, 0.15) is 34.3 Å². The molecule has 0 spiro atoms. The summed E-state index contributed by atoms with van der Waals surface area (Å²) in [7, 11) is 5.28. The first-order chi connectivity index (χ1) is 30.0. The highest BCUT2D eigenvalue weighted by atomic mass is 28.4. The van der Waals surface area contributed by atoms with Gasteiger partial charge in [-0.15, -0.1) is 0 Å². The molecule has 6 aromatic heterocycles. The van der Waals surface area contributed by atoms with Crippen LogP contribution in [0.15, 0.2) is 61.2 Å². The van der Waals surface area contributed by atoms with Gasteiger partial charge in [-0.2, -0.15) is 9.97 Å². The molecule has 0 radical (unpaired) electrons. The molecular weight excluding hydrogens is 813 g/mol. The second-order valence-corrected chi connectivity index (χ2v) is 23.4. The van der Waals surface area contributed by atoms with Gasteiger partial charge in [-0.05, 0) is 79.2 Å². The summed E-state index contributed by atoms with van der Waals surface area (Å²) in [6.07, 6.45) is 15.9. The van der Waals surface area contributed by atoms with E-state index in [9.17, 15) is 9.59 Å². The predicted molar refractivity (Wildman–Crippen MR) is 249 cm³/mol. The average molecular weight is 875 g/mol. The van der Waals surface area contributed by atoms with Crippen molar-refractivity contribution in [1.29, 1.82) is 0 Å². The van der Waals surface area contributed by atoms with Crippen LogP contribution in [0.25, 0.3) is 22.1 Å². The molecule has 2 fully saturated rings. The van der Waals surface area contributed by atoms with E-state index in [1.165, 1.54) is 12.8 Å². The number of amides is 2. The van der Waals surface area contributed by atoms with Crippen molar-refractivity contribution in [2.75, 3.05) is 38.8 Å².